The van der Waals surface area contributed by atoms with Gasteiger partial charge in [-0.15, -0.1) is 0 Å². The smallest absolute Gasteiger partial charge is 0.345 e. The Balaban J connectivity index is 1.68. The molecule has 0 bridgehead atoms. The zero-order valence-electron chi connectivity index (χ0n) is 28.9. The maximum Gasteiger partial charge on any atom is 0.345 e. The summed E-state index contributed by atoms with van der Waals surface area (Å²) in [6.45, 7) is 11.6. The predicted octanol–water partition coefficient (Wildman–Crippen LogP) is 5.45. The summed E-state index contributed by atoms with van der Waals surface area (Å²) < 4.78 is 98.2. The number of benzene rings is 2. The molecule has 2 aromatic carbocycles. The van der Waals surface area contributed by atoms with E-state index in [1.165, 1.54) is 0 Å². The Bertz CT molecular complexity index is 1560. The molecule has 49 heavy (non-hydrogen) atoms. The highest BCUT2D eigenvalue weighted by Gasteiger charge is 2.62. The van der Waals surface area contributed by atoms with Gasteiger partial charge in [0, 0.05) is 5.92 Å². The fraction of sp³-hybridized carbons (Fsp3) is 0.618. The summed E-state index contributed by atoms with van der Waals surface area (Å²) in [6.07, 6.45) is -4.88. The molecule has 3 aliphatic heterocycles. The standard InChI is InChI=1S/C34H47O13PS/c1-8-39-31(35)29(48(36,41-9-2)42-10-3)25(22-17-13-11-14-18-22)30(23-19-15-12-16-20-23)49(37,38)47-27-26(24-21-40-33(4,5)44-24)43-32-28(27)45-34(6,7)46-32/h11-20,24-30,32H,8-10,21H2,1-7H3/t24-,25-,26-,27-,28-,29+,30-,32-/m1/s1. The van der Waals surface area contributed by atoms with E-state index in [0.717, 1.165) is 0 Å². The summed E-state index contributed by atoms with van der Waals surface area (Å²) in [7, 11) is -9.20. The molecule has 15 heteroatoms. The van der Waals surface area contributed by atoms with Crippen molar-refractivity contribution in [1.82, 2.24) is 0 Å². The minimum absolute atomic E-state index is 0.0640. The van der Waals surface area contributed by atoms with Crippen molar-refractivity contribution in [3.63, 3.8) is 0 Å². The quantitative estimate of drug-likeness (QED) is 0.130. The molecule has 3 heterocycles. The molecule has 3 aliphatic rings. The second-order valence-electron chi connectivity index (χ2n) is 12.8. The third-order valence-electron chi connectivity index (χ3n) is 8.45. The van der Waals surface area contributed by atoms with E-state index in [0.29, 0.717) is 5.56 Å². The van der Waals surface area contributed by atoms with Crippen LogP contribution in [-0.2, 0) is 61.1 Å². The largest absolute Gasteiger partial charge is 0.465 e. The molecule has 272 valence electrons. The molecule has 0 unspecified atom stereocenters. The first-order valence-electron chi connectivity index (χ1n) is 16.6. The molecule has 0 saturated carbocycles. The Kier molecular flexibility index (Phi) is 11.8. The summed E-state index contributed by atoms with van der Waals surface area (Å²) in [5.74, 6) is -4.36. The molecular weight excluding hydrogens is 679 g/mol. The Morgan fingerprint density at radius 3 is 1.96 bits per heavy atom. The number of carbonyl (C=O) groups is 1. The van der Waals surface area contributed by atoms with Crippen LogP contribution in [0.4, 0.5) is 0 Å². The molecule has 0 aliphatic carbocycles. The third kappa shape index (κ3) is 8.30. The fourth-order valence-electron chi connectivity index (χ4n) is 6.66. The molecular formula is C34H47O13PS. The van der Waals surface area contributed by atoms with Gasteiger partial charge in [-0.2, -0.15) is 8.42 Å². The van der Waals surface area contributed by atoms with Gasteiger partial charge in [-0.05, 0) is 59.6 Å². The van der Waals surface area contributed by atoms with Crippen LogP contribution in [0.2, 0.25) is 0 Å². The van der Waals surface area contributed by atoms with Crippen LogP contribution in [-0.4, -0.2) is 88.8 Å². The predicted molar refractivity (Wildman–Crippen MR) is 177 cm³/mol. The van der Waals surface area contributed by atoms with Crippen molar-refractivity contribution in [2.45, 2.75) is 108 Å². The molecule has 0 spiro atoms. The van der Waals surface area contributed by atoms with Crippen LogP contribution < -0.4 is 0 Å². The van der Waals surface area contributed by atoms with E-state index in [1.54, 1.807) is 109 Å². The average molecular weight is 727 g/mol. The first-order valence-corrected chi connectivity index (χ1v) is 19.6. The van der Waals surface area contributed by atoms with Gasteiger partial charge >= 0.3 is 13.6 Å². The number of hydrogen-bond donors (Lipinski definition) is 0. The Morgan fingerprint density at radius 2 is 1.43 bits per heavy atom. The fourth-order valence-corrected chi connectivity index (χ4v) is 10.8. The minimum Gasteiger partial charge on any atom is -0.465 e. The van der Waals surface area contributed by atoms with E-state index in [-0.39, 0.29) is 32.0 Å². The molecule has 2 aromatic rings. The normalized spacial score (nSPS) is 28.1. The zero-order chi connectivity index (χ0) is 35.6. The molecule has 3 saturated heterocycles. The third-order valence-corrected chi connectivity index (χ3v) is 12.6. The molecule has 0 aromatic heterocycles. The summed E-state index contributed by atoms with van der Waals surface area (Å²) in [6, 6.07) is 16.7. The van der Waals surface area contributed by atoms with E-state index in [1.807, 2.05) is 0 Å². The van der Waals surface area contributed by atoms with Gasteiger partial charge in [0.15, 0.2) is 23.5 Å². The molecule has 8 atom stereocenters. The highest BCUT2D eigenvalue weighted by molar-refractivity contribution is 7.87. The van der Waals surface area contributed by atoms with E-state index in [4.69, 9.17) is 41.7 Å². The lowest BCUT2D eigenvalue weighted by Crippen LogP contribution is -2.46. The average Bonchev–Trinajstić information content (AvgIpc) is 3.66. The van der Waals surface area contributed by atoms with Gasteiger partial charge < -0.3 is 37.5 Å². The van der Waals surface area contributed by atoms with Crippen molar-refractivity contribution < 1.29 is 59.4 Å². The number of rotatable bonds is 15. The Labute approximate surface area is 288 Å². The SMILES string of the molecule is CCOC(=O)[C@H]([C@@H](c1ccccc1)[C@@H](c1ccccc1)S(=O)(=O)O[C@H]1[C@H]2OC(C)(C)O[C@H]2O[C@@H]1[C@H]1COC(C)(C)O1)P(=O)(OCC)OCC. The van der Waals surface area contributed by atoms with Gasteiger partial charge in [0.05, 0.1) is 26.4 Å². The molecule has 3 fully saturated rings. The Morgan fingerprint density at radius 1 is 0.837 bits per heavy atom. The van der Waals surface area contributed by atoms with Crippen LogP contribution >= 0.6 is 7.60 Å². The van der Waals surface area contributed by atoms with E-state index in [2.05, 4.69) is 0 Å². The first-order chi connectivity index (χ1) is 23.1. The van der Waals surface area contributed by atoms with Crippen LogP contribution in [0.1, 0.15) is 70.8 Å². The van der Waals surface area contributed by atoms with Crippen LogP contribution in [0.3, 0.4) is 0 Å². The number of hydrogen-bond acceptors (Lipinski definition) is 13. The van der Waals surface area contributed by atoms with Gasteiger partial charge in [0.25, 0.3) is 10.1 Å². The van der Waals surface area contributed by atoms with Crippen molar-refractivity contribution in [3.05, 3.63) is 71.8 Å². The van der Waals surface area contributed by atoms with E-state index < -0.39 is 82.8 Å². The van der Waals surface area contributed by atoms with Gasteiger partial charge in [-0.1, -0.05) is 60.7 Å². The highest BCUT2D eigenvalue weighted by atomic mass is 32.2. The number of fused-ring (bicyclic) bond motifs is 1. The monoisotopic (exact) mass is 726 g/mol. The van der Waals surface area contributed by atoms with E-state index in [9.17, 15) is 9.36 Å². The van der Waals surface area contributed by atoms with Gasteiger partial charge in [-0.25, -0.2) is 0 Å². The maximum absolute atomic E-state index is 15.1. The summed E-state index contributed by atoms with van der Waals surface area (Å²) in [5, 5.41) is -1.63. The lowest BCUT2D eigenvalue weighted by Gasteiger charge is -2.36. The van der Waals surface area contributed by atoms with Crippen LogP contribution in [0, 0.1) is 0 Å². The summed E-state index contributed by atoms with van der Waals surface area (Å²) in [4.78, 5) is 14.0. The lowest BCUT2D eigenvalue weighted by atomic mass is 9.88. The van der Waals surface area contributed by atoms with E-state index >= 15 is 8.42 Å². The van der Waals surface area contributed by atoms with Crippen LogP contribution in [0.5, 0.6) is 0 Å². The zero-order valence-corrected chi connectivity index (χ0v) is 30.6. The van der Waals surface area contributed by atoms with Crippen molar-refractivity contribution in [2.24, 2.45) is 0 Å². The van der Waals surface area contributed by atoms with Gasteiger partial charge in [0.1, 0.15) is 29.7 Å². The summed E-state index contributed by atoms with van der Waals surface area (Å²) >= 11 is 0. The summed E-state index contributed by atoms with van der Waals surface area (Å²) in [5.41, 5.74) is -1.07. The van der Waals surface area contributed by atoms with Crippen LogP contribution in [0.25, 0.3) is 0 Å². The van der Waals surface area contributed by atoms with Crippen molar-refractivity contribution in [1.29, 1.82) is 0 Å². The topological polar surface area (TPSA) is 151 Å². The first kappa shape index (κ1) is 38.0. The van der Waals surface area contributed by atoms with Crippen LogP contribution in [0.15, 0.2) is 60.7 Å². The number of esters is 1. The maximum atomic E-state index is 15.1. The molecule has 0 radical (unpaired) electrons. The Hall–Kier alpha value is -2.23. The van der Waals surface area contributed by atoms with Crippen molar-refractivity contribution in [3.8, 4) is 0 Å². The molecule has 13 nitrogen and oxygen atoms in total. The van der Waals surface area contributed by atoms with Crippen molar-refractivity contribution >= 4 is 23.7 Å². The lowest BCUT2D eigenvalue weighted by molar-refractivity contribution is -0.230. The number of ether oxygens (including phenoxy) is 6. The molecule has 5 rings (SSSR count). The highest BCUT2D eigenvalue weighted by Crippen LogP contribution is 2.61. The minimum atomic E-state index is -4.81. The van der Waals surface area contributed by atoms with Gasteiger partial charge in [0.2, 0.25) is 0 Å². The molecule has 0 N–H and O–H groups in total. The van der Waals surface area contributed by atoms with Gasteiger partial charge in [-0.3, -0.25) is 13.5 Å². The van der Waals surface area contributed by atoms with Crippen molar-refractivity contribution in [2.75, 3.05) is 26.4 Å². The second-order valence-corrected chi connectivity index (χ2v) is 16.7. The second kappa shape index (κ2) is 15.2. The number of carbonyl (C=O) groups excluding carboxylic acids is 1. The molecule has 0 amide bonds.